The lowest BCUT2D eigenvalue weighted by Crippen LogP contribution is -2.23. The summed E-state index contributed by atoms with van der Waals surface area (Å²) >= 11 is 0. The van der Waals surface area contributed by atoms with Crippen LogP contribution in [0.3, 0.4) is 0 Å². The summed E-state index contributed by atoms with van der Waals surface area (Å²) in [6.07, 6.45) is -1.81. The summed E-state index contributed by atoms with van der Waals surface area (Å²) in [7, 11) is 0. The molecule has 0 aliphatic carbocycles. The van der Waals surface area contributed by atoms with E-state index in [4.69, 9.17) is 0 Å². The van der Waals surface area contributed by atoms with Crippen LogP contribution < -0.4 is 10.1 Å². The Hall–Kier alpha value is -2.64. The molecule has 0 unspecified atom stereocenters. The van der Waals surface area contributed by atoms with Crippen molar-refractivity contribution in [3.63, 3.8) is 0 Å². The standard InChI is InChI=1S/C15H12F4N2O2/c1-9-4-5-20-7-11(9)8-21-14(22)10-2-3-13(12(16)6-10)23-15(17,18)19/h2-7H,8H2,1H3,(H,21,22). The predicted octanol–water partition coefficient (Wildman–Crippen LogP) is 3.36. The Balaban J connectivity index is 2.05. The van der Waals surface area contributed by atoms with Crippen molar-refractivity contribution in [3.05, 3.63) is 59.2 Å². The Kier molecular flexibility index (Phi) is 4.83. The molecule has 0 saturated carbocycles. The lowest BCUT2D eigenvalue weighted by molar-refractivity contribution is -0.275. The van der Waals surface area contributed by atoms with Gasteiger partial charge in [-0.15, -0.1) is 13.2 Å². The van der Waals surface area contributed by atoms with Gasteiger partial charge >= 0.3 is 6.36 Å². The number of nitrogens with one attached hydrogen (secondary N) is 1. The second-order valence-electron chi connectivity index (χ2n) is 4.68. The lowest BCUT2D eigenvalue weighted by atomic mass is 10.1. The van der Waals surface area contributed by atoms with Gasteiger partial charge in [0, 0.05) is 24.5 Å². The van der Waals surface area contributed by atoms with Crippen molar-refractivity contribution < 1.29 is 27.1 Å². The fourth-order valence-corrected chi connectivity index (χ4v) is 1.81. The zero-order valence-electron chi connectivity index (χ0n) is 11.9. The van der Waals surface area contributed by atoms with E-state index in [0.717, 1.165) is 23.3 Å². The molecule has 2 rings (SSSR count). The summed E-state index contributed by atoms with van der Waals surface area (Å²) in [4.78, 5) is 15.8. The van der Waals surface area contributed by atoms with Crippen molar-refractivity contribution in [3.8, 4) is 5.75 Å². The fourth-order valence-electron chi connectivity index (χ4n) is 1.81. The Morgan fingerprint density at radius 2 is 2.04 bits per heavy atom. The van der Waals surface area contributed by atoms with E-state index in [0.29, 0.717) is 6.07 Å². The number of hydrogen-bond acceptors (Lipinski definition) is 3. The van der Waals surface area contributed by atoms with Crippen LogP contribution in [0.15, 0.2) is 36.7 Å². The van der Waals surface area contributed by atoms with Gasteiger partial charge in [0.1, 0.15) is 0 Å². The van der Waals surface area contributed by atoms with Gasteiger partial charge in [-0.05, 0) is 42.3 Å². The maximum absolute atomic E-state index is 13.6. The molecule has 0 saturated heterocycles. The first kappa shape index (κ1) is 16.7. The molecule has 1 heterocycles. The molecule has 1 amide bonds. The molecular weight excluding hydrogens is 316 g/mol. The van der Waals surface area contributed by atoms with Gasteiger partial charge in [0.05, 0.1) is 0 Å². The van der Waals surface area contributed by atoms with Crippen molar-refractivity contribution >= 4 is 5.91 Å². The highest BCUT2D eigenvalue weighted by Crippen LogP contribution is 2.26. The van der Waals surface area contributed by atoms with Gasteiger partial charge < -0.3 is 10.1 Å². The highest BCUT2D eigenvalue weighted by atomic mass is 19.4. The van der Waals surface area contributed by atoms with Gasteiger partial charge in [-0.3, -0.25) is 9.78 Å². The molecule has 0 atom stereocenters. The number of carbonyl (C=O) groups excluding carboxylic acids is 1. The summed E-state index contributed by atoms with van der Waals surface area (Å²) in [5, 5.41) is 2.54. The van der Waals surface area contributed by atoms with E-state index >= 15 is 0 Å². The van der Waals surface area contributed by atoms with Crippen molar-refractivity contribution in [2.75, 3.05) is 0 Å². The van der Waals surface area contributed by atoms with Crippen LogP contribution in [0.25, 0.3) is 0 Å². The minimum absolute atomic E-state index is 0.112. The van der Waals surface area contributed by atoms with Gasteiger partial charge in [-0.25, -0.2) is 4.39 Å². The van der Waals surface area contributed by atoms with E-state index < -0.39 is 23.8 Å². The number of amides is 1. The van der Waals surface area contributed by atoms with Gasteiger partial charge in [0.15, 0.2) is 11.6 Å². The normalized spacial score (nSPS) is 11.2. The number of pyridine rings is 1. The van der Waals surface area contributed by atoms with Crippen molar-refractivity contribution in [2.45, 2.75) is 19.8 Å². The third-order valence-electron chi connectivity index (χ3n) is 3.01. The second-order valence-corrected chi connectivity index (χ2v) is 4.68. The maximum Gasteiger partial charge on any atom is 0.573 e. The third-order valence-corrected chi connectivity index (χ3v) is 3.01. The molecule has 4 nitrogen and oxygen atoms in total. The molecule has 0 bridgehead atoms. The molecule has 23 heavy (non-hydrogen) atoms. The SMILES string of the molecule is Cc1ccncc1CNC(=O)c1ccc(OC(F)(F)F)c(F)c1. The van der Waals surface area contributed by atoms with Crippen LogP contribution in [0, 0.1) is 12.7 Å². The number of ether oxygens (including phenoxy) is 1. The number of benzene rings is 1. The fraction of sp³-hybridized carbons (Fsp3) is 0.200. The number of aryl methyl sites for hydroxylation is 1. The zero-order valence-corrected chi connectivity index (χ0v) is 11.9. The molecule has 0 radical (unpaired) electrons. The third kappa shape index (κ3) is 4.67. The zero-order chi connectivity index (χ0) is 17.0. The first-order valence-electron chi connectivity index (χ1n) is 6.49. The van der Waals surface area contributed by atoms with Gasteiger partial charge in [-0.1, -0.05) is 0 Å². The van der Waals surface area contributed by atoms with E-state index in [9.17, 15) is 22.4 Å². The highest BCUT2D eigenvalue weighted by Gasteiger charge is 2.32. The van der Waals surface area contributed by atoms with E-state index in [1.165, 1.54) is 0 Å². The summed E-state index contributed by atoms with van der Waals surface area (Å²) in [6.45, 7) is 2.01. The van der Waals surface area contributed by atoms with Gasteiger partial charge in [0.2, 0.25) is 0 Å². The van der Waals surface area contributed by atoms with Crippen molar-refractivity contribution in [2.24, 2.45) is 0 Å². The van der Waals surface area contributed by atoms with E-state index in [-0.39, 0.29) is 12.1 Å². The summed E-state index contributed by atoms with van der Waals surface area (Å²) in [6, 6.07) is 4.26. The summed E-state index contributed by atoms with van der Waals surface area (Å²) in [5.74, 6) is -2.88. The number of nitrogens with zero attached hydrogens (tertiary/aromatic N) is 1. The Morgan fingerprint density at radius 1 is 1.30 bits per heavy atom. The lowest BCUT2D eigenvalue weighted by Gasteiger charge is -2.11. The van der Waals surface area contributed by atoms with Crippen LogP contribution in [0.5, 0.6) is 5.75 Å². The average molecular weight is 328 g/mol. The van der Waals surface area contributed by atoms with Gasteiger partial charge in [0.25, 0.3) is 5.91 Å². The molecule has 0 spiro atoms. The Labute approximate surface area is 129 Å². The number of hydrogen-bond donors (Lipinski definition) is 1. The molecule has 0 fully saturated rings. The second kappa shape index (κ2) is 6.64. The molecule has 2 aromatic rings. The van der Waals surface area contributed by atoms with Crippen LogP contribution in [-0.4, -0.2) is 17.3 Å². The Bertz CT molecular complexity index is 717. The largest absolute Gasteiger partial charge is 0.573 e. The Morgan fingerprint density at radius 3 is 2.65 bits per heavy atom. The maximum atomic E-state index is 13.6. The number of alkyl halides is 3. The molecule has 8 heteroatoms. The van der Waals surface area contributed by atoms with Gasteiger partial charge in [-0.2, -0.15) is 0 Å². The number of carbonyl (C=O) groups is 1. The average Bonchev–Trinajstić information content (AvgIpc) is 2.47. The summed E-state index contributed by atoms with van der Waals surface area (Å²) < 4.78 is 53.2. The van der Waals surface area contributed by atoms with Crippen LogP contribution in [0.1, 0.15) is 21.5 Å². The predicted molar refractivity (Wildman–Crippen MR) is 73.2 cm³/mol. The molecule has 0 aliphatic rings. The van der Waals surface area contributed by atoms with Crippen LogP contribution in [0.2, 0.25) is 0 Å². The molecule has 0 aliphatic heterocycles. The monoisotopic (exact) mass is 328 g/mol. The topological polar surface area (TPSA) is 51.2 Å². The van der Waals surface area contributed by atoms with Crippen LogP contribution in [-0.2, 0) is 6.54 Å². The molecule has 1 N–H and O–H groups in total. The van der Waals surface area contributed by atoms with E-state index in [1.807, 2.05) is 6.92 Å². The quantitative estimate of drug-likeness (QED) is 0.876. The number of rotatable bonds is 4. The van der Waals surface area contributed by atoms with Crippen molar-refractivity contribution in [1.82, 2.24) is 10.3 Å². The first-order chi connectivity index (χ1) is 10.8. The number of aromatic nitrogens is 1. The molecule has 1 aromatic heterocycles. The summed E-state index contributed by atoms with van der Waals surface area (Å²) in [5.41, 5.74) is 1.58. The first-order valence-corrected chi connectivity index (χ1v) is 6.49. The minimum Gasteiger partial charge on any atom is -0.403 e. The van der Waals surface area contributed by atoms with Crippen LogP contribution in [0.4, 0.5) is 17.6 Å². The van der Waals surface area contributed by atoms with Crippen LogP contribution >= 0.6 is 0 Å². The molecular formula is C15H12F4N2O2. The minimum atomic E-state index is -5.00. The van der Waals surface area contributed by atoms with Crippen molar-refractivity contribution in [1.29, 1.82) is 0 Å². The highest BCUT2D eigenvalue weighted by molar-refractivity contribution is 5.94. The van der Waals surface area contributed by atoms with E-state index in [2.05, 4.69) is 15.0 Å². The smallest absolute Gasteiger partial charge is 0.403 e. The molecule has 122 valence electrons. The molecule has 1 aromatic carbocycles. The van der Waals surface area contributed by atoms with E-state index in [1.54, 1.807) is 18.5 Å². The number of halogens is 4.